The highest BCUT2D eigenvalue weighted by Crippen LogP contribution is 2.32. The number of halogens is 3. The van der Waals surface area contributed by atoms with E-state index in [1.807, 2.05) is 4.98 Å². The fourth-order valence-electron chi connectivity index (χ4n) is 3.58. The van der Waals surface area contributed by atoms with Gasteiger partial charge in [-0.2, -0.15) is 5.26 Å². The van der Waals surface area contributed by atoms with Crippen LogP contribution in [0.25, 0.3) is 11.1 Å². The number of nitrogens with one attached hydrogen (secondary N) is 2. The summed E-state index contributed by atoms with van der Waals surface area (Å²) in [4.78, 5) is 49.8. The molecule has 13 heteroatoms. The second kappa shape index (κ2) is 10.8. The molecule has 4 aromatic rings. The lowest BCUT2D eigenvalue weighted by atomic mass is 10.0. The number of benzene rings is 2. The van der Waals surface area contributed by atoms with Crippen LogP contribution in [0.3, 0.4) is 0 Å². The van der Waals surface area contributed by atoms with Crippen LogP contribution in [0.15, 0.2) is 76.6 Å². The number of ether oxygens (including phenoxy) is 1. The van der Waals surface area contributed by atoms with Crippen molar-refractivity contribution < 1.29 is 22.7 Å². The number of H-pyrrole nitrogens is 2. The van der Waals surface area contributed by atoms with Gasteiger partial charge in [0.2, 0.25) is 5.82 Å². The Hall–Kier alpha value is -5.25. The quantitative estimate of drug-likeness (QED) is 0.379. The Balaban J connectivity index is 1.75. The molecule has 0 radical (unpaired) electrons. The molecule has 0 aliphatic rings. The molecule has 0 atom stereocenters. The van der Waals surface area contributed by atoms with Gasteiger partial charge in [-0.15, -0.1) is 13.2 Å². The van der Waals surface area contributed by atoms with E-state index in [0.29, 0.717) is 11.1 Å². The lowest BCUT2D eigenvalue weighted by molar-refractivity contribution is -0.274. The Morgan fingerprint density at radius 1 is 0.974 bits per heavy atom. The first-order valence-electron chi connectivity index (χ1n) is 10.9. The summed E-state index contributed by atoms with van der Waals surface area (Å²) in [6.45, 7) is -0.413. The minimum atomic E-state index is -5.04. The maximum atomic E-state index is 13.3. The van der Waals surface area contributed by atoms with Crippen molar-refractivity contribution in [3.05, 3.63) is 110 Å². The van der Waals surface area contributed by atoms with Crippen LogP contribution in [0.1, 0.15) is 27.4 Å². The highest BCUT2D eigenvalue weighted by molar-refractivity contribution is 5.92. The first-order valence-corrected chi connectivity index (χ1v) is 10.9. The molecule has 2 N–H and O–H groups in total. The number of aromatic amines is 2. The fourth-order valence-corrected chi connectivity index (χ4v) is 3.58. The standard InChI is InChI=1S/C25H17F3N6O4/c26-25(27,28)38-20-8-16(18-11-30-21(10-29)31-12-18)6-7-17(20)14-34(13-15-4-2-1-3-5-15)23(36)19-9-22(35)33-24(37)32-19/h1-9,11-12H,13-14H2,(H2,32,33,35,37). The highest BCUT2D eigenvalue weighted by Gasteiger charge is 2.33. The molecule has 0 aliphatic carbocycles. The number of hydrogen-bond acceptors (Lipinski definition) is 7. The second-order valence-electron chi connectivity index (χ2n) is 7.93. The van der Waals surface area contributed by atoms with Crippen LogP contribution in [-0.2, 0) is 13.1 Å². The highest BCUT2D eigenvalue weighted by atomic mass is 19.4. The van der Waals surface area contributed by atoms with Crippen LogP contribution in [0.2, 0.25) is 0 Å². The third-order valence-electron chi connectivity index (χ3n) is 5.23. The van der Waals surface area contributed by atoms with Crippen molar-refractivity contribution >= 4 is 5.91 Å². The zero-order valence-corrected chi connectivity index (χ0v) is 19.3. The van der Waals surface area contributed by atoms with Gasteiger partial charge in [0, 0.05) is 36.1 Å². The number of rotatable bonds is 7. The van der Waals surface area contributed by atoms with E-state index in [4.69, 9.17) is 5.26 Å². The normalized spacial score (nSPS) is 11.0. The Bertz CT molecular complexity index is 1580. The molecule has 1 amide bonds. The lowest BCUT2D eigenvalue weighted by Gasteiger charge is -2.24. The van der Waals surface area contributed by atoms with Gasteiger partial charge in [-0.1, -0.05) is 42.5 Å². The van der Waals surface area contributed by atoms with E-state index in [1.165, 1.54) is 29.4 Å². The molecule has 0 bridgehead atoms. The van der Waals surface area contributed by atoms with Gasteiger partial charge in [0.25, 0.3) is 11.5 Å². The summed E-state index contributed by atoms with van der Waals surface area (Å²) in [5.41, 5.74) is -0.797. The van der Waals surface area contributed by atoms with Crippen molar-refractivity contribution in [1.29, 1.82) is 5.26 Å². The summed E-state index contributed by atoms with van der Waals surface area (Å²) in [5.74, 6) is -1.48. The van der Waals surface area contributed by atoms with Gasteiger partial charge in [0.05, 0.1) is 6.54 Å². The number of alkyl halides is 3. The summed E-state index contributed by atoms with van der Waals surface area (Å²) < 4.78 is 44.2. The largest absolute Gasteiger partial charge is 0.573 e. The summed E-state index contributed by atoms with van der Waals surface area (Å²) >= 11 is 0. The first-order chi connectivity index (χ1) is 18.1. The molecule has 0 saturated carbocycles. The van der Waals surface area contributed by atoms with Crippen molar-refractivity contribution in [1.82, 2.24) is 24.8 Å². The van der Waals surface area contributed by atoms with Gasteiger partial charge in [0.15, 0.2) is 0 Å². The second-order valence-corrected chi connectivity index (χ2v) is 7.93. The molecule has 0 unspecified atom stereocenters. The van der Waals surface area contributed by atoms with Crippen molar-refractivity contribution in [2.75, 3.05) is 0 Å². The Labute approximate surface area is 212 Å². The van der Waals surface area contributed by atoms with Crippen molar-refractivity contribution in [3.8, 4) is 22.9 Å². The monoisotopic (exact) mass is 522 g/mol. The molecular weight excluding hydrogens is 505 g/mol. The van der Waals surface area contributed by atoms with Crippen LogP contribution in [0.4, 0.5) is 13.2 Å². The van der Waals surface area contributed by atoms with Crippen LogP contribution in [0, 0.1) is 11.3 Å². The van der Waals surface area contributed by atoms with E-state index in [-0.39, 0.29) is 35.7 Å². The first kappa shape index (κ1) is 25.8. The molecule has 2 aromatic heterocycles. The maximum Gasteiger partial charge on any atom is 0.573 e. The molecule has 0 fully saturated rings. The minimum Gasteiger partial charge on any atom is -0.405 e. The van der Waals surface area contributed by atoms with E-state index >= 15 is 0 Å². The van der Waals surface area contributed by atoms with Crippen molar-refractivity contribution in [3.63, 3.8) is 0 Å². The van der Waals surface area contributed by atoms with Crippen molar-refractivity contribution in [2.24, 2.45) is 0 Å². The van der Waals surface area contributed by atoms with E-state index < -0.39 is 29.3 Å². The molecule has 4 rings (SSSR count). The molecule has 192 valence electrons. The zero-order chi connectivity index (χ0) is 27.3. The Morgan fingerprint density at radius 2 is 1.68 bits per heavy atom. The molecule has 10 nitrogen and oxygen atoms in total. The van der Waals surface area contributed by atoms with Gasteiger partial charge in [-0.25, -0.2) is 14.8 Å². The van der Waals surface area contributed by atoms with Crippen LogP contribution in [-0.4, -0.2) is 37.1 Å². The van der Waals surface area contributed by atoms with E-state index in [9.17, 15) is 27.6 Å². The number of aromatic nitrogens is 4. The molecule has 2 aromatic carbocycles. The van der Waals surface area contributed by atoms with Gasteiger partial charge < -0.3 is 14.6 Å². The molecule has 2 heterocycles. The van der Waals surface area contributed by atoms with Gasteiger partial charge in [0.1, 0.15) is 17.5 Å². The third-order valence-corrected chi connectivity index (χ3v) is 5.23. The topological polar surface area (TPSA) is 145 Å². The Kier molecular flexibility index (Phi) is 7.33. The van der Waals surface area contributed by atoms with E-state index in [0.717, 1.165) is 12.1 Å². The summed E-state index contributed by atoms with van der Waals surface area (Å²) in [5, 5.41) is 8.86. The number of nitriles is 1. The summed E-state index contributed by atoms with van der Waals surface area (Å²) in [6.07, 6.45) is -2.47. The van der Waals surface area contributed by atoms with Gasteiger partial charge in [-0.3, -0.25) is 14.6 Å². The SMILES string of the molecule is N#Cc1ncc(-c2ccc(CN(Cc3ccccc3)C(=O)c3cc(=O)[nH]c(=O)[nH]3)c(OC(F)(F)F)c2)cn1. The Morgan fingerprint density at radius 3 is 2.32 bits per heavy atom. The smallest absolute Gasteiger partial charge is 0.405 e. The fraction of sp³-hybridized carbons (Fsp3) is 0.120. The summed E-state index contributed by atoms with van der Waals surface area (Å²) in [6, 6.07) is 15.2. The molecular formula is C25H17F3N6O4. The number of carbonyl (C=O) groups is 1. The van der Waals surface area contributed by atoms with E-state index in [1.54, 1.807) is 36.4 Å². The minimum absolute atomic E-state index is 0.00268. The average molecular weight is 522 g/mol. The van der Waals surface area contributed by atoms with Crippen LogP contribution < -0.4 is 16.0 Å². The molecule has 0 spiro atoms. The lowest BCUT2D eigenvalue weighted by Crippen LogP contribution is -2.34. The molecule has 0 aliphatic heterocycles. The predicted molar refractivity (Wildman–Crippen MR) is 127 cm³/mol. The molecule has 0 saturated heterocycles. The number of amides is 1. The van der Waals surface area contributed by atoms with E-state index in [2.05, 4.69) is 19.7 Å². The predicted octanol–water partition coefficient (Wildman–Crippen LogP) is 3.13. The molecule has 38 heavy (non-hydrogen) atoms. The van der Waals surface area contributed by atoms with Gasteiger partial charge in [-0.05, 0) is 17.2 Å². The summed E-state index contributed by atoms with van der Waals surface area (Å²) in [7, 11) is 0. The van der Waals surface area contributed by atoms with Gasteiger partial charge >= 0.3 is 12.1 Å². The van der Waals surface area contributed by atoms with Crippen LogP contribution >= 0.6 is 0 Å². The maximum absolute atomic E-state index is 13.3. The number of carbonyl (C=O) groups excluding carboxylic acids is 1. The zero-order valence-electron chi connectivity index (χ0n) is 19.3. The number of nitrogens with zero attached hydrogens (tertiary/aromatic N) is 4. The van der Waals surface area contributed by atoms with Crippen LogP contribution in [0.5, 0.6) is 5.75 Å². The third kappa shape index (κ3) is 6.49. The average Bonchev–Trinajstić information content (AvgIpc) is 2.88. The van der Waals surface area contributed by atoms with Crippen molar-refractivity contribution in [2.45, 2.75) is 19.5 Å². The number of hydrogen-bond donors (Lipinski definition) is 2.